The zero-order chi connectivity index (χ0) is 29.8. The van der Waals surface area contributed by atoms with E-state index in [9.17, 15) is 9.59 Å². The number of rotatable bonds is 10. The van der Waals surface area contributed by atoms with Crippen molar-refractivity contribution >= 4 is 34.2 Å². The third-order valence-electron chi connectivity index (χ3n) is 7.49. The first-order valence-electron chi connectivity index (χ1n) is 13.9. The maximum Gasteiger partial charge on any atom is 0.254 e. The minimum Gasteiger partial charge on any atom is -0.497 e. The van der Waals surface area contributed by atoms with E-state index in [0.717, 1.165) is 40.2 Å². The Hall–Kier alpha value is -4.79. The lowest BCUT2D eigenvalue weighted by Gasteiger charge is -2.27. The summed E-state index contributed by atoms with van der Waals surface area (Å²) in [5.41, 5.74) is 3.74. The van der Waals surface area contributed by atoms with Gasteiger partial charge in [-0.3, -0.25) is 9.59 Å². The number of carbonyl (C=O) groups excluding carboxylic acids is 2. The summed E-state index contributed by atoms with van der Waals surface area (Å²) in [6.07, 6.45) is 1.34. The van der Waals surface area contributed by atoms with Crippen molar-refractivity contribution in [3.8, 4) is 17.2 Å². The van der Waals surface area contributed by atoms with E-state index in [0.29, 0.717) is 42.1 Å². The van der Waals surface area contributed by atoms with Crippen LogP contribution in [0.25, 0.3) is 10.9 Å². The minimum atomic E-state index is -0.151. The predicted molar refractivity (Wildman–Crippen MR) is 164 cm³/mol. The lowest BCUT2D eigenvalue weighted by atomic mass is 10.1. The molecule has 1 saturated heterocycles. The minimum absolute atomic E-state index is 0.0805. The van der Waals surface area contributed by atoms with Crippen molar-refractivity contribution in [3.63, 3.8) is 0 Å². The highest BCUT2D eigenvalue weighted by atomic mass is 16.5. The van der Waals surface area contributed by atoms with E-state index in [1.54, 1.807) is 37.2 Å². The molecule has 1 aromatic heterocycles. The van der Waals surface area contributed by atoms with Crippen molar-refractivity contribution in [1.29, 1.82) is 0 Å². The Labute approximate surface area is 246 Å². The second-order valence-electron chi connectivity index (χ2n) is 10.4. The average molecular weight is 569 g/mol. The zero-order valence-electron chi connectivity index (χ0n) is 24.7. The third kappa shape index (κ3) is 5.81. The van der Waals surface area contributed by atoms with Crippen LogP contribution in [0.1, 0.15) is 34.3 Å². The van der Waals surface area contributed by atoms with Crippen LogP contribution in [0.3, 0.4) is 0 Å². The van der Waals surface area contributed by atoms with Crippen molar-refractivity contribution in [2.45, 2.75) is 25.9 Å². The van der Waals surface area contributed by atoms with Gasteiger partial charge in [-0.1, -0.05) is 18.2 Å². The molecule has 0 unspecified atom stereocenters. The molecule has 42 heavy (non-hydrogen) atoms. The first kappa shape index (κ1) is 28.7. The topological polar surface area (TPSA) is 84.4 Å². The molecule has 0 bridgehead atoms. The molecule has 3 aromatic carbocycles. The Morgan fingerprint density at radius 1 is 0.905 bits per heavy atom. The van der Waals surface area contributed by atoms with Crippen LogP contribution in [-0.2, 0) is 17.9 Å². The Morgan fingerprint density at radius 2 is 1.64 bits per heavy atom. The number of nitrogens with zero attached hydrogens (tertiary/aromatic N) is 4. The molecule has 1 aliphatic rings. The van der Waals surface area contributed by atoms with Crippen molar-refractivity contribution in [1.82, 2.24) is 9.88 Å². The summed E-state index contributed by atoms with van der Waals surface area (Å²) >= 11 is 0. The Kier molecular flexibility index (Phi) is 8.47. The van der Waals surface area contributed by atoms with Crippen molar-refractivity contribution in [2.24, 2.45) is 0 Å². The van der Waals surface area contributed by atoms with E-state index in [4.69, 9.17) is 19.2 Å². The van der Waals surface area contributed by atoms with E-state index in [1.807, 2.05) is 79.7 Å². The molecule has 9 nitrogen and oxygen atoms in total. The van der Waals surface area contributed by atoms with Gasteiger partial charge in [-0.2, -0.15) is 0 Å². The number of methoxy groups -OCH3 is 3. The average Bonchev–Trinajstić information content (AvgIpc) is 3.45. The Balaban J connectivity index is 1.58. The molecule has 0 N–H and O–H groups in total. The molecular weight excluding hydrogens is 532 g/mol. The van der Waals surface area contributed by atoms with Crippen LogP contribution in [0, 0.1) is 0 Å². The lowest BCUT2D eigenvalue weighted by Crippen LogP contribution is -2.31. The Bertz CT molecular complexity index is 1600. The smallest absolute Gasteiger partial charge is 0.254 e. The lowest BCUT2D eigenvalue weighted by molar-refractivity contribution is -0.117. The standard InChI is InChI=1S/C33H36N4O5/c1-35(2)32-24(19-27-28(41-4)15-16-29(42-5)31(27)34-32)21-36(20-22-11-13-26(40-3)14-12-22)33(39)23-8-6-9-25(18-23)37-17-7-10-30(37)38/h6,8-9,11-16,18-19H,7,10,17,20-21H2,1-5H3. The van der Waals surface area contributed by atoms with Gasteiger partial charge in [-0.15, -0.1) is 0 Å². The summed E-state index contributed by atoms with van der Waals surface area (Å²) in [5, 5.41) is 0.795. The quantitative estimate of drug-likeness (QED) is 0.257. The highest BCUT2D eigenvalue weighted by Crippen LogP contribution is 2.36. The van der Waals surface area contributed by atoms with Gasteiger partial charge in [0, 0.05) is 62.4 Å². The van der Waals surface area contributed by atoms with Gasteiger partial charge in [0.05, 0.1) is 21.3 Å². The van der Waals surface area contributed by atoms with Crippen molar-refractivity contribution in [2.75, 3.05) is 51.8 Å². The highest BCUT2D eigenvalue weighted by Gasteiger charge is 2.25. The van der Waals surface area contributed by atoms with Gasteiger partial charge in [0.2, 0.25) is 5.91 Å². The number of aromatic nitrogens is 1. The SMILES string of the molecule is COc1ccc(CN(Cc2cc3c(OC)ccc(OC)c3nc2N(C)C)C(=O)c2cccc(N3CCCC3=O)c2)cc1. The van der Waals surface area contributed by atoms with E-state index in [-0.39, 0.29) is 18.4 Å². The third-order valence-corrected chi connectivity index (χ3v) is 7.49. The molecule has 2 heterocycles. The van der Waals surface area contributed by atoms with Crippen LogP contribution in [0.2, 0.25) is 0 Å². The van der Waals surface area contributed by atoms with Crippen LogP contribution >= 0.6 is 0 Å². The van der Waals surface area contributed by atoms with Crippen LogP contribution in [0.4, 0.5) is 11.5 Å². The number of ether oxygens (including phenoxy) is 3. The summed E-state index contributed by atoms with van der Waals surface area (Å²) in [4.78, 5) is 37.1. The van der Waals surface area contributed by atoms with Gasteiger partial charge in [0.25, 0.3) is 5.91 Å². The fraction of sp³-hybridized carbons (Fsp3) is 0.303. The largest absolute Gasteiger partial charge is 0.497 e. The molecule has 0 atom stereocenters. The normalized spacial score (nSPS) is 12.9. The molecule has 1 fully saturated rings. The molecule has 218 valence electrons. The molecule has 0 saturated carbocycles. The fourth-order valence-corrected chi connectivity index (χ4v) is 5.35. The second-order valence-corrected chi connectivity index (χ2v) is 10.4. The number of amides is 2. The molecule has 9 heteroatoms. The Morgan fingerprint density at radius 3 is 2.29 bits per heavy atom. The van der Waals surface area contributed by atoms with Crippen LogP contribution in [0.5, 0.6) is 17.2 Å². The van der Waals surface area contributed by atoms with E-state index < -0.39 is 0 Å². The number of benzene rings is 3. The van der Waals surface area contributed by atoms with Gasteiger partial charge in [0.1, 0.15) is 28.6 Å². The number of carbonyl (C=O) groups is 2. The molecule has 0 spiro atoms. The van der Waals surface area contributed by atoms with Crippen LogP contribution in [-0.4, -0.2) is 63.7 Å². The van der Waals surface area contributed by atoms with Gasteiger partial charge in [-0.25, -0.2) is 4.98 Å². The molecule has 4 aromatic rings. The molecule has 0 aliphatic carbocycles. The van der Waals surface area contributed by atoms with E-state index >= 15 is 0 Å². The first-order chi connectivity index (χ1) is 20.3. The van der Waals surface area contributed by atoms with Crippen molar-refractivity contribution in [3.05, 3.63) is 83.4 Å². The van der Waals surface area contributed by atoms with Gasteiger partial charge >= 0.3 is 0 Å². The van der Waals surface area contributed by atoms with Gasteiger partial charge in [-0.05, 0) is 60.5 Å². The number of fused-ring (bicyclic) bond motifs is 1. The molecular formula is C33H36N4O5. The first-order valence-corrected chi connectivity index (χ1v) is 13.9. The fourth-order valence-electron chi connectivity index (χ4n) is 5.35. The highest BCUT2D eigenvalue weighted by molar-refractivity contribution is 5.99. The van der Waals surface area contributed by atoms with E-state index in [1.165, 1.54) is 0 Å². The van der Waals surface area contributed by atoms with Crippen LogP contribution in [0.15, 0.2) is 66.7 Å². The molecule has 0 radical (unpaired) electrons. The van der Waals surface area contributed by atoms with Gasteiger partial charge in [0.15, 0.2) is 0 Å². The second kappa shape index (κ2) is 12.4. The van der Waals surface area contributed by atoms with E-state index in [2.05, 4.69) is 0 Å². The van der Waals surface area contributed by atoms with Gasteiger partial charge < -0.3 is 28.9 Å². The monoisotopic (exact) mass is 568 g/mol. The summed E-state index contributed by atoms with van der Waals surface area (Å²) in [5.74, 6) is 2.70. The maximum atomic E-state index is 14.2. The van der Waals surface area contributed by atoms with Crippen LogP contribution < -0.4 is 24.0 Å². The molecule has 2 amide bonds. The number of hydrogen-bond donors (Lipinski definition) is 0. The predicted octanol–water partition coefficient (Wildman–Crippen LogP) is 5.30. The summed E-state index contributed by atoms with van der Waals surface area (Å²) < 4.78 is 16.6. The number of anilines is 2. The summed E-state index contributed by atoms with van der Waals surface area (Å²) in [6, 6.07) is 20.7. The van der Waals surface area contributed by atoms with Crippen molar-refractivity contribution < 1.29 is 23.8 Å². The number of hydrogen-bond acceptors (Lipinski definition) is 7. The number of pyridine rings is 1. The zero-order valence-corrected chi connectivity index (χ0v) is 24.7. The summed E-state index contributed by atoms with van der Waals surface area (Å²) in [7, 11) is 8.72. The molecule has 5 rings (SSSR count). The summed E-state index contributed by atoms with van der Waals surface area (Å²) in [6.45, 7) is 1.30. The molecule has 1 aliphatic heterocycles. The maximum absolute atomic E-state index is 14.2.